The predicted molar refractivity (Wildman–Crippen MR) is 91.3 cm³/mol. The third-order valence-electron chi connectivity index (χ3n) is 3.38. The summed E-state index contributed by atoms with van der Waals surface area (Å²) in [6.07, 6.45) is 6.46. The van der Waals surface area contributed by atoms with Gasteiger partial charge in [0, 0.05) is 11.4 Å². The Bertz CT molecular complexity index is 910. The first-order valence-electron chi connectivity index (χ1n) is 6.93. The lowest BCUT2D eigenvalue weighted by Crippen LogP contribution is -2.16. The van der Waals surface area contributed by atoms with Gasteiger partial charge in [0.1, 0.15) is 11.3 Å². The number of nitrogens with one attached hydrogen (secondary N) is 1. The summed E-state index contributed by atoms with van der Waals surface area (Å²) in [6, 6.07) is 6.76. The molecule has 0 radical (unpaired) electrons. The minimum Gasteiger partial charge on any atom is -0.494 e. The molecule has 0 amide bonds. The molecule has 1 aromatic carbocycles. The van der Waals surface area contributed by atoms with E-state index in [0.29, 0.717) is 22.9 Å². The average molecular weight is 349 g/mol. The highest BCUT2D eigenvalue weighted by molar-refractivity contribution is 7.71. The third kappa shape index (κ3) is 3.23. The van der Waals surface area contributed by atoms with Gasteiger partial charge >= 0.3 is 0 Å². The third-order valence-corrected chi connectivity index (χ3v) is 3.92. The van der Waals surface area contributed by atoms with Gasteiger partial charge in [0.25, 0.3) is 5.56 Å². The number of aromatic nitrogens is 2. The number of H-pyrrole nitrogens is 1. The molecule has 1 aliphatic heterocycles. The van der Waals surface area contributed by atoms with Crippen LogP contribution in [0.1, 0.15) is 18.4 Å². The smallest absolute Gasteiger partial charge is 0.262 e. The number of ether oxygens (including phenoxy) is 1. The molecule has 0 bridgehead atoms. The minimum atomic E-state index is -0.469. The number of halogens is 1. The molecule has 0 atom stereocenters. The van der Waals surface area contributed by atoms with Crippen molar-refractivity contribution < 1.29 is 9.84 Å². The Morgan fingerprint density at radius 2 is 2.09 bits per heavy atom. The van der Waals surface area contributed by atoms with Crippen LogP contribution < -0.4 is 5.56 Å². The number of hydrogen-bond acceptors (Lipinski definition) is 4. The van der Waals surface area contributed by atoms with Crippen LogP contribution in [0.5, 0.6) is 5.88 Å². The summed E-state index contributed by atoms with van der Waals surface area (Å²) < 4.78 is 6.82. The summed E-state index contributed by atoms with van der Waals surface area (Å²) in [4.78, 5) is 14.7. The highest BCUT2D eigenvalue weighted by Gasteiger charge is 2.14. The van der Waals surface area contributed by atoms with Crippen molar-refractivity contribution in [1.82, 2.24) is 9.55 Å². The molecule has 1 aliphatic rings. The lowest BCUT2D eigenvalue weighted by atomic mass is 10.2. The van der Waals surface area contributed by atoms with E-state index in [1.807, 2.05) is 6.08 Å². The van der Waals surface area contributed by atoms with Gasteiger partial charge in [-0.1, -0.05) is 11.6 Å². The van der Waals surface area contributed by atoms with Gasteiger partial charge in [0.05, 0.1) is 11.9 Å². The monoisotopic (exact) mass is 348 g/mol. The van der Waals surface area contributed by atoms with Crippen molar-refractivity contribution >= 4 is 29.9 Å². The maximum Gasteiger partial charge on any atom is 0.262 e. The van der Waals surface area contributed by atoms with Crippen LogP contribution in [0.3, 0.4) is 0 Å². The molecule has 23 heavy (non-hydrogen) atoms. The van der Waals surface area contributed by atoms with Crippen LogP contribution in [0.4, 0.5) is 0 Å². The van der Waals surface area contributed by atoms with Crippen molar-refractivity contribution in [3.63, 3.8) is 0 Å². The molecule has 2 heterocycles. The zero-order chi connectivity index (χ0) is 16.4. The first-order chi connectivity index (χ1) is 11.1. The highest BCUT2D eigenvalue weighted by atomic mass is 35.5. The normalized spacial score (nSPS) is 15.6. The minimum absolute atomic E-state index is 0.0962. The Kier molecular flexibility index (Phi) is 4.36. The van der Waals surface area contributed by atoms with Crippen molar-refractivity contribution in [2.75, 3.05) is 0 Å². The van der Waals surface area contributed by atoms with Crippen molar-refractivity contribution in [3.05, 3.63) is 68.1 Å². The Hall–Kier alpha value is -2.31. The SMILES string of the molecule is O=c1[nH]c(=S)n(-c2ccc(Cl)cc2)c(O)c1C=C1CCC=CO1. The molecule has 0 saturated carbocycles. The Morgan fingerprint density at radius 3 is 2.74 bits per heavy atom. The topological polar surface area (TPSA) is 67.2 Å². The Labute approximate surface area is 142 Å². The molecular weight excluding hydrogens is 336 g/mol. The van der Waals surface area contributed by atoms with E-state index in [0.717, 1.165) is 6.42 Å². The van der Waals surface area contributed by atoms with Crippen LogP contribution in [-0.2, 0) is 4.74 Å². The number of benzene rings is 1. The number of allylic oxidation sites excluding steroid dienone is 2. The van der Waals surface area contributed by atoms with Gasteiger partial charge in [-0.25, -0.2) is 0 Å². The van der Waals surface area contributed by atoms with E-state index in [2.05, 4.69) is 4.98 Å². The average Bonchev–Trinajstić information content (AvgIpc) is 2.54. The molecule has 1 aromatic heterocycles. The molecule has 3 rings (SSSR count). The Balaban J connectivity index is 2.17. The standard InChI is InChI=1S/C16H13ClN2O3S/c17-10-4-6-11(7-5-10)19-15(21)13(14(20)18-16(19)23)9-12-3-1-2-8-22-12/h2,4-9,21H,1,3H2,(H,18,20,23). The first-order valence-corrected chi connectivity index (χ1v) is 7.71. The fourth-order valence-electron chi connectivity index (χ4n) is 2.25. The zero-order valence-electron chi connectivity index (χ0n) is 12.0. The van der Waals surface area contributed by atoms with Gasteiger partial charge in [0.2, 0.25) is 5.88 Å². The van der Waals surface area contributed by atoms with Crippen LogP contribution in [0, 0.1) is 4.77 Å². The largest absolute Gasteiger partial charge is 0.494 e. The maximum atomic E-state index is 12.1. The van der Waals surface area contributed by atoms with Crippen molar-refractivity contribution in [2.45, 2.75) is 12.8 Å². The van der Waals surface area contributed by atoms with E-state index >= 15 is 0 Å². The van der Waals surface area contributed by atoms with E-state index in [9.17, 15) is 9.90 Å². The second kappa shape index (κ2) is 6.44. The summed E-state index contributed by atoms with van der Waals surface area (Å²) in [5.41, 5.74) is 0.222. The zero-order valence-corrected chi connectivity index (χ0v) is 13.5. The van der Waals surface area contributed by atoms with E-state index in [1.54, 1.807) is 30.5 Å². The predicted octanol–water partition coefficient (Wildman–Crippen LogP) is 3.92. The van der Waals surface area contributed by atoms with Gasteiger partial charge in [-0.3, -0.25) is 14.3 Å². The molecule has 118 valence electrons. The lowest BCUT2D eigenvalue weighted by Gasteiger charge is -2.13. The van der Waals surface area contributed by atoms with Crippen molar-refractivity contribution in [2.24, 2.45) is 0 Å². The molecular formula is C16H13ClN2O3S. The van der Waals surface area contributed by atoms with Gasteiger partial charge in [0.15, 0.2) is 4.77 Å². The van der Waals surface area contributed by atoms with Crippen LogP contribution in [0.25, 0.3) is 11.8 Å². The molecule has 0 aliphatic carbocycles. The quantitative estimate of drug-likeness (QED) is 0.807. The van der Waals surface area contributed by atoms with Gasteiger partial charge < -0.3 is 9.84 Å². The van der Waals surface area contributed by atoms with Crippen molar-refractivity contribution in [1.29, 1.82) is 0 Å². The number of aromatic amines is 1. The summed E-state index contributed by atoms with van der Waals surface area (Å²) in [7, 11) is 0. The lowest BCUT2D eigenvalue weighted by molar-refractivity contribution is 0.322. The number of hydrogen-bond donors (Lipinski definition) is 2. The van der Waals surface area contributed by atoms with Crippen molar-refractivity contribution in [3.8, 4) is 11.6 Å². The van der Waals surface area contributed by atoms with Crippen LogP contribution in [-0.4, -0.2) is 14.7 Å². The van der Waals surface area contributed by atoms with Gasteiger partial charge in [-0.05, 0) is 55.1 Å². The van der Waals surface area contributed by atoms with E-state index in [-0.39, 0.29) is 16.2 Å². The summed E-state index contributed by atoms with van der Waals surface area (Å²) in [5.74, 6) is 0.361. The first kappa shape index (κ1) is 15.6. The highest BCUT2D eigenvalue weighted by Crippen LogP contribution is 2.24. The number of nitrogens with zero attached hydrogens (tertiary/aromatic N) is 1. The molecule has 2 N–H and O–H groups in total. The number of rotatable bonds is 2. The molecule has 0 saturated heterocycles. The van der Waals surface area contributed by atoms with Crippen LogP contribution >= 0.6 is 23.8 Å². The molecule has 5 nitrogen and oxygen atoms in total. The maximum absolute atomic E-state index is 12.1. The second-order valence-corrected chi connectivity index (χ2v) is 5.77. The second-order valence-electron chi connectivity index (χ2n) is 4.95. The molecule has 2 aromatic rings. The van der Waals surface area contributed by atoms with Gasteiger partial charge in [-0.2, -0.15) is 0 Å². The summed E-state index contributed by atoms with van der Waals surface area (Å²) >= 11 is 11.0. The Morgan fingerprint density at radius 1 is 1.35 bits per heavy atom. The van der Waals surface area contributed by atoms with Crippen LogP contribution in [0.2, 0.25) is 5.02 Å². The number of aromatic hydroxyl groups is 1. The van der Waals surface area contributed by atoms with Gasteiger partial charge in [-0.15, -0.1) is 0 Å². The van der Waals surface area contributed by atoms with Crippen LogP contribution in [0.15, 0.2) is 47.2 Å². The summed E-state index contributed by atoms with van der Waals surface area (Å²) in [5, 5.41) is 11.1. The summed E-state index contributed by atoms with van der Waals surface area (Å²) in [6.45, 7) is 0. The fraction of sp³-hybridized carbons (Fsp3) is 0.125. The van der Waals surface area contributed by atoms with E-state index in [4.69, 9.17) is 28.6 Å². The molecule has 0 unspecified atom stereocenters. The molecule has 7 heteroatoms. The van der Waals surface area contributed by atoms with E-state index < -0.39 is 5.56 Å². The molecule has 0 spiro atoms. The van der Waals surface area contributed by atoms with E-state index in [1.165, 1.54) is 10.6 Å². The molecule has 0 fully saturated rings. The fourth-order valence-corrected chi connectivity index (χ4v) is 2.66.